The van der Waals surface area contributed by atoms with Crippen LogP contribution < -0.4 is 5.32 Å². The van der Waals surface area contributed by atoms with Crippen LogP contribution in [-0.2, 0) is 4.74 Å². The zero-order valence-corrected chi connectivity index (χ0v) is 19.4. The Bertz CT molecular complexity index is 1150. The van der Waals surface area contributed by atoms with E-state index in [0.29, 0.717) is 22.5 Å². The molecule has 1 atom stereocenters. The van der Waals surface area contributed by atoms with E-state index in [1.807, 2.05) is 19.9 Å². The number of alkyl halides is 3. The molecule has 3 aromatic rings. The van der Waals surface area contributed by atoms with E-state index in [9.17, 15) is 18.0 Å². The molecule has 1 saturated carbocycles. The number of benzene rings is 1. The Morgan fingerprint density at radius 2 is 2.06 bits per heavy atom. The summed E-state index contributed by atoms with van der Waals surface area (Å²) in [5.74, 6) is 0.767. The van der Waals surface area contributed by atoms with Gasteiger partial charge in [-0.3, -0.25) is 9.53 Å². The normalized spacial score (nSPS) is 18.4. The molecule has 1 N–H and O–H groups in total. The maximum absolute atomic E-state index is 11.9. The summed E-state index contributed by atoms with van der Waals surface area (Å²) >= 11 is 5.85. The van der Waals surface area contributed by atoms with E-state index in [-0.39, 0.29) is 30.6 Å². The Hall–Kier alpha value is -2.98. The monoisotopic (exact) mass is 496 g/mol. The molecule has 7 nitrogen and oxygen atoms in total. The number of nitrogens with zero attached hydrogens (tertiary/aromatic N) is 3. The summed E-state index contributed by atoms with van der Waals surface area (Å²) in [5.41, 5.74) is 1.09. The van der Waals surface area contributed by atoms with Crippen molar-refractivity contribution >= 4 is 28.4 Å². The van der Waals surface area contributed by atoms with E-state index in [1.54, 1.807) is 24.3 Å². The lowest BCUT2D eigenvalue weighted by atomic mass is 9.82. The molecule has 0 aliphatic heterocycles. The Balaban J connectivity index is 0.000000192. The second kappa shape index (κ2) is 11.0. The number of aromatic nitrogens is 3. The van der Waals surface area contributed by atoms with Gasteiger partial charge in [0.1, 0.15) is 5.69 Å². The van der Waals surface area contributed by atoms with Gasteiger partial charge in [0.15, 0.2) is 0 Å². The number of carbonyl (C=O) groups excluding carboxylic acids is 1. The van der Waals surface area contributed by atoms with Gasteiger partial charge in [0, 0.05) is 22.2 Å². The Morgan fingerprint density at radius 1 is 1.32 bits per heavy atom. The highest BCUT2D eigenvalue weighted by Crippen LogP contribution is 2.41. The predicted molar refractivity (Wildman–Crippen MR) is 120 cm³/mol. The van der Waals surface area contributed by atoms with Crippen molar-refractivity contribution < 1.29 is 27.1 Å². The number of nitrogens with one attached hydrogen (secondary N) is 1. The summed E-state index contributed by atoms with van der Waals surface area (Å²) in [7, 11) is 0. The second-order valence-corrected chi connectivity index (χ2v) is 8.29. The molecule has 4 rings (SSSR count). The van der Waals surface area contributed by atoms with Gasteiger partial charge in [0.2, 0.25) is 11.8 Å². The molecule has 11 heteroatoms. The highest BCUT2D eigenvalue weighted by molar-refractivity contribution is 6.31. The van der Waals surface area contributed by atoms with Gasteiger partial charge in [-0.1, -0.05) is 38.1 Å². The van der Waals surface area contributed by atoms with Crippen LogP contribution >= 0.6 is 11.6 Å². The van der Waals surface area contributed by atoms with Gasteiger partial charge in [0.25, 0.3) is 5.91 Å². The van der Waals surface area contributed by atoms with Crippen LogP contribution in [0, 0.1) is 0 Å². The minimum atomic E-state index is -4.56. The van der Waals surface area contributed by atoms with Crippen LogP contribution in [0.15, 0.2) is 47.5 Å². The van der Waals surface area contributed by atoms with Crippen molar-refractivity contribution in [2.45, 2.75) is 57.4 Å². The van der Waals surface area contributed by atoms with E-state index >= 15 is 0 Å². The number of amides is 1. The number of hydrogen-bond acceptors (Lipinski definition) is 6. The van der Waals surface area contributed by atoms with Crippen molar-refractivity contribution in [1.29, 1.82) is 0 Å². The molecule has 0 spiro atoms. The minimum absolute atomic E-state index is 0.109. The summed E-state index contributed by atoms with van der Waals surface area (Å²) in [5, 5.41) is 11.8. The maximum atomic E-state index is 11.9. The topological polar surface area (TPSA) is 90.1 Å². The predicted octanol–water partition coefficient (Wildman–Crippen LogP) is 6.13. The van der Waals surface area contributed by atoms with E-state index in [1.165, 1.54) is 6.20 Å². The molecule has 1 aliphatic carbocycles. The summed E-state index contributed by atoms with van der Waals surface area (Å²) < 4.78 is 45.2. The summed E-state index contributed by atoms with van der Waals surface area (Å²) in [6.45, 7) is 7.39. The van der Waals surface area contributed by atoms with Crippen LogP contribution in [-0.4, -0.2) is 33.6 Å². The average molecular weight is 497 g/mol. The van der Waals surface area contributed by atoms with E-state index < -0.39 is 12.5 Å². The number of pyridine rings is 1. The fourth-order valence-electron chi connectivity index (χ4n) is 3.23. The molecule has 2 heterocycles. The third kappa shape index (κ3) is 6.77. The lowest BCUT2D eigenvalue weighted by Gasteiger charge is -2.32. The third-order valence-corrected chi connectivity index (χ3v) is 5.59. The van der Waals surface area contributed by atoms with Crippen LogP contribution in [0.1, 0.15) is 67.2 Å². The highest BCUT2D eigenvalue weighted by atomic mass is 35.5. The fourth-order valence-corrected chi connectivity index (χ4v) is 3.41. The van der Waals surface area contributed by atoms with Crippen LogP contribution in [0.25, 0.3) is 10.9 Å². The van der Waals surface area contributed by atoms with E-state index in [2.05, 4.69) is 31.8 Å². The number of fused-ring (bicyclic) bond motifs is 1. The Labute approximate surface area is 199 Å². The standard InChI is InChI=1S/C12H9ClN2O.C11H15F3N2O2/c1-2-14-12(16)11-5-3-8-7-9(13)4-6-10(8)15-11;1-3-6(2)9-15-16-10(17-9)7-4-8(5-7)18-11(12,13)14/h2-7H,1H2,(H,14,16);6-8H,3-5H2,1-2H3. The van der Waals surface area contributed by atoms with Crippen molar-refractivity contribution in [2.75, 3.05) is 0 Å². The number of ether oxygens (including phenoxy) is 1. The zero-order valence-electron chi connectivity index (χ0n) is 18.6. The van der Waals surface area contributed by atoms with Gasteiger partial charge in [-0.15, -0.1) is 23.4 Å². The van der Waals surface area contributed by atoms with Crippen molar-refractivity contribution in [3.8, 4) is 0 Å². The van der Waals surface area contributed by atoms with Crippen LogP contribution in [0.2, 0.25) is 5.02 Å². The Kier molecular flexibility index (Phi) is 8.27. The van der Waals surface area contributed by atoms with Crippen molar-refractivity contribution in [1.82, 2.24) is 20.5 Å². The lowest BCUT2D eigenvalue weighted by Crippen LogP contribution is -2.34. The number of rotatable bonds is 6. The van der Waals surface area contributed by atoms with Crippen LogP contribution in [0.5, 0.6) is 0 Å². The largest absolute Gasteiger partial charge is 0.522 e. The van der Waals surface area contributed by atoms with Crippen molar-refractivity contribution in [3.05, 3.63) is 65.6 Å². The summed E-state index contributed by atoms with van der Waals surface area (Å²) in [6, 6.07) is 8.79. The van der Waals surface area contributed by atoms with Gasteiger partial charge in [-0.2, -0.15) is 0 Å². The smallest absolute Gasteiger partial charge is 0.425 e. The number of halogens is 4. The van der Waals surface area contributed by atoms with Gasteiger partial charge < -0.3 is 9.73 Å². The molecule has 1 unspecified atom stereocenters. The molecule has 2 aromatic heterocycles. The fraction of sp³-hybridized carbons (Fsp3) is 0.391. The van der Waals surface area contributed by atoms with Gasteiger partial charge in [-0.05, 0) is 49.7 Å². The average Bonchev–Trinajstić information content (AvgIpc) is 3.24. The number of carbonyl (C=O) groups is 1. The quantitative estimate of drug-likeness (QED) is 0.441. The second-order valence-electron chi connectivity index (χ2n) is 7.85. The van der Waals surface area contributed by atoms with Gasteiger partial charge in [0.05, 0.1) is 11.6 Å². The van der Waals surface area contributed by atoms with Crippen molar-refractivity contribution in [2.24, 2.45) is 0 Å². The van der Waals surface area contributed by atoms with Crippen LogP contribution in [0.3, 0.4) is 0 Å². The first-order chi connectivity index (χ1) is 16.1. The van der Waals surface area contributed by atoms with E-state index in [4.69, 9.17) is 16.0 Å². The molecule has 0 saturated heterocycles. The van der Waals surface area contributed by atoms with Crippen molar-refractivity contribution in [3.63, 3.8) is 0 Å². The molecule has 182 valence electrons. The molecule has 1 aromatic carbocycles. The molecular weight excluding hydrogens is 473 g/mol. The highest BCUT2D eigenvalue weighted by Gasteiger charge is 2.42. The molecule has 34 heavy (non-hydrogen) atoms. The molecule has 0 bridgehead atoms. The first kappa shape index (κ1) is 25.6. The van der Waals surface area contributed by atoms with Crippen LogP contribution in [0.4, 0.5) is 13.2 Å². The maximum Gasteiger partial charge on any atom is 0.522 e. The first-order valence-electron chi connectivity index (χ1n) is 10.7. The first-order valence-corrected chi connectivity index (χ1v) is 11.0. The summed E-state index contributed by atoms with van der Waals surface area (Å²) in [4.78, 5) is 15.7. The van der Waals surface area contributed by atoms with Gasteiger partial charge >= 0.3 is 6.36 Å². The number of hydrogen-bond donors (Lipinski definition) is 1. The Morgan fingerprint density at radius 3 is 2.71 bits per heavy atom. The third-order valence-electron chi connectivity index (χ3n) is 5.35. The zero-order chi connectivity index (χ0) is 24.9. The molecule has 0 radical (unpaired) electrons. The molecule has 1 fully saturated rings. The van der Waals surface area contributed by atoms with Gasteiger partial charge in [-0.25, -0.2) is 4.98 Å². The molecular formula is C23H24ClF3N4O3. The minimum Gasteiger partial charge on any atom is -0.425 e. The molecule has 1 amide bonds. The lowest BCUT2D eigenvalue weighted by molar-refractivity contribution is -0.352. The molecule has 1 aliphatic rings. The van der Waals surface area contributed by atoms with E-state index in [0.717, 1.165) is 17.3 Å². The SMILES string of the molecule is C=CNC(=O)c1ccc2cc(Cl)ccc2n1.CCC(C)c1nnc(C2CC(OC(F)(F)F)C2)o1. The summed E-state index contributed by atoms with van der Waals surface area (Å²) in [6.07, 6.45) is -2.58.